The van der Waals surface area contributed by atoms with Gasteiger partial charge >= 0.3 is 0 Å². The molecule has 0 bridgehead atoms. The van der Waals surface area contributed by atoms with Crippen LogP contribution in [0.25, 0.3) is 16.6 Å². The summed E-state index contributed by atoms with van der Waals surface area (Å²) in [4.78, 5) is 18.6. The molecule has 4 heterocycles. The maximum atomic E-state index is 4.85. The predicted molar refractivity (Wildman–Crippen MR) is 132 cm³/mol. The van der Waals surface area contributed by atoms with Crippen LogP contribution in [0, 0.1) is 6.92 Å². The molecule has 1 saturated heterocycles. The van der Waals surface area contributed by atoms with Crippen molar-refractivity contribution in [3.63, 3.8) is 0 Å². The van der Waals surface area contributed by atoms with Gasteiger partial charge < -0.3 is 4.90 Å². The zero-order chi connectivity index (χ0) is 22.8. The van der Waals surface area contributed by atoms with E-state index in [1.807, 2.05) is 36.0 Å². The number of fused-ring (bicyclic) bond motifs is 1. The van der Waals surface area contributed by atoms with Crippen LogP contribution in [-0.2, 0) is 5.54 Å². The van der Waals surface area contributed by atoms with Gasteiger partial charge in [0.05, 0.1) is 17.4 Å². The van der Waals surface area contributed by atoms with Gasteiger partial charge in [-0.2, -0.15) is 5.10 Å². The van der Waals surface area contributed by atoms with E-state index in [0.29, 0.717) is 0 Å². The Labute approximate surface area is 195 Å². The molecule has 1 unspecified atom stereocenters. The third kappa shape index (κ3) is 4.09. The molecule has 3 aromatic heterocycles. The van der Waals surface area contributed by atoms with Crippen LogP contribution >= 0.6 is 0 Å². The maximum Gasteiger partial charge on any atom is 0.140 e. The minimum Gasteiger partial charge on any atom is -0.355 e. The molecular weight excluding hydrogens is 410 g/mol. The van der Waals surface area contributed by atoms with Crippen LogP contribution in [0.3, 0.4) is 0 Å². The molecule has 5 rings (SSSR count). The number of anilines is 1. The lowest BCUT2D eigenvalue weighted by molar-refractivity contribution is -0.000868. The molecule has 1 fully saturated rings. The summed E-state index contributed by atoms with van der Waals surface area (Å²) < 4.78 is 1.94. The summed E-state index contributed by atoms with van der Waals surface area (Å²) in [6, 6.07) is 12.3. The number of likely N-dealkylation sites (tertiary alicyclic amines) is 1. The highest BCUT2D eigenvalue weighted by atomic mass is 15.3. The Morgan fingerprint density at radius 1 is 1.06 bits per heavy atom. The fourth-order valence-corrected chi connectivity index (χ4v) is 4.78. The molecule has 1 atom stereocenters. The molecule has 0 saturated carbocycles. The molecule has 4 aromatic rings. The van der Waals surface area contributed by atoms with E-state index >= 15 is 0 Å². The molecule has 7 nitrogen and oxygen atoms in total. The van der Waals surface area contributed by atoms with Gasteiger partial charge in [0.25, 0.3) is 0 Å². The Bertz CT molecular complexity index is 1240. The van der Waals surface area contributed by atoms with E-state index in [1.54, 1.807) is 12.4 Å². The van der Waals surface area contributed by atoms with Crippen molar-refractivity contribution in [1.29, 1.82) is 0 Å². The summed E-state index contributed by atoms with van der Waals surface area (Å²) in [5.74, 6) is 1.87. The van der Waals surface area contributed by atoms with E-state index in [1.165, 1.54) is 5.56 Å². The summed E-state index contributed by atoms with van der Waals surface area (Å²) >= 11 is 0. The van der Waals surface area contributed by atoms with Crippen LogP contribution in [0.2, 0.25) is 0 Å². The average Bonchev–Trinajstić information content (AvgIpc) is 3.33. The molecule has 0 N–H and O–H groups in total. The second-order valence-electron chi connectivity index (χ2n) is 8.99. The number of rotatable bonds is 8. The molecule has 170 valence electrons. The van der Waals surface area contributed by atoms with Crippen LogP contribution in [0.4, 0.5) is 5.82 Å². The first kappa shape index (κ1) is 21.5. The molecule has 0 amide bonds. The van der Waals surface area contributed by atoms with E-state index < -0.39 is 0 Å². The van der Waals surface area contributed by atoms with Gasteiger partial charge in [0.15, 0.2) is 0 Å². The first-order chi connectivity index (χ1) is 16.1. The molecule has 1 aliphatic rings. The normalized spacial score (nSPS) is 18.4. The highest BCUT2D eigenvalue weighted by Crippen LogP contribution is 2.40. The van der Waals surface area contributed by atoms with Gasteiger partial charge in [-0.05, 0) is 51.0 Å². The fourth-order valence-electron chi connectivity index (χ4n) is 4.78. The van der Waals surface area contributed by atoms with E-state index in [4.69, 9.17) is 4.98 Å². The number of hydrogen-bond acceptors (Lipinski definition) is 6. The van der Waals surface area contributed by atoms with Gasteiger partial charge in [0.1, 0.15) is 11.6 Å². The second-order valence-corrected chi connectivity index (χ2v) is 8.99. The van der Waals surface area contributed by atoms with Crippen molar-refractivity contribution >= 4 is 16.7 Å². The van der Waals surface area contributed by atoms with Crippen LogP contribution in [0.5, 0.6) is 0 Å². The summed E-state index contributed by atoms with van der Waals surface area (Å²) in [5, 5.41) is 5.75. The van der Waals surface area contributed by atoms with E-state index in [2.05, 4.69) is 63.1 Å². The van der Waals surface area contributed by atoms with Crippen molar-refractivity contribution < 1.29 is 0 Å². The van der Waals surface area contributed by atoms with Gasteiger partial charge in [0.2, 0.25) is 0 Å². The predicted octanol–water partition coefficient (Wildman–Crippen LogP) is 4.36. The smallest absolute Gasteiger partial charge is 0.140 e. The van der Waals surface area contributed by atoms with Crippen molar-refractivity contribution in [1.82, 2.24) is 29.6 Å². The minimum absolute atomic E-state index is 0.00677. The minimum atomic E-state index is 0.00677. The molecule has 33 heavy (non-hydrogen) atoms. The molecule has 1 aromatic carbocycles. The zero-order valence-electron chi connectivity index (χ0n) is 19.6. The van der Waals surface area contributed by atoms with Crippen LogP contribution in [0.1, 0.15) is 38.1 Å². The Balaban J connectivity index is 1.35. The first-order valence-corrected chi connectivity index (χ1v) is 11.8. The SMILES string of the molecule is CCCN(CCN1CCC1(C)c1cnn(-c2ccncc2)c1)c1nc(C)nc2ccccc12. The third-order valence-corrected chi connectivity index (χ3v) is 6.83. The van der Waals surface area contributed by atoms with Crippen molar-refractivity contribution in [3.05, 3.63) is 72.6 Å². The molecule has 7 heteroatoms. The lowest BCUT2D eigenvalue weighted by Gasteiger charge is -2.51. The highest BCUT2D eigenvalue weighted by molar-refractivity contribution is 5.89. The van der Waals surface area contributed by atoms with Crippen molar-refractivity contribution in [2.45, 2.75) is 39.2 Å². The summed E-state index contributed by atoms with van der Waals surface area (Å²) in [5.41, 5.74) is 3.31. The van der Waals surface area contributed by atoms with E-state index in [-0.39, 0.29) is 5.54 Å². The average molecular weight is 442 g/mol. The second kappa shape index (κ2) is 8.90. The largest absolute Gasteiger partial charge is 0.355 e. The fraction of sp³-hybridized carbons (Fsp3) is 0.385. The van der Waals surface area contributed by atoms with Crippen LogP contribution < -0.4 is 4.90 Å². The quantitative estimate of drug-likeness (QED) is 0.405. The lowest BCUT2D eigenvalue weighted by atomic mass is 9.81. The van der Waals surface area contributed by atoms with E-state index in [0.717, 1.165) is 67.3 Å². The van der Waals surface area contributed by atoms with Crippen molar-refractivity contribution in [3.8, 4) is 5.69 Å². The van der Waals surface area contributed by atoms with Gasteiger partial charge in [-0.3, -0.25) is 9.88 Å². The molecule has 1 aliphatic heterocycles. The first-order valence-electron chi connectivity index (χ1n) is 11.8. The lowest BCUT2D eigenvalue weighted by Crippen LogP contribution is -2.57. The number of aromatic nitrogens is 5. The molecule has 0 aliphatic carbocycles. The molecule has 0 spiro atoms. The Morgan fingerprint density at radius 2 is 1.88 bits per heavy atom. The number of aryl methyl sites for hydroxylation is 1. The van der Waals surface area contributed by atoms with Gasteiger partial charge in [0, 0.05) is 61.3 Å². The van der Waals surface area contributed by atoms with Gasteiger partial charge in [-0.25, -0.2) is 14.6 Å². The Hall–Kier alpha value is -3.32. The standard InChI is InChI=1S/C26H31N7/c1-4-14-31(25-23-7-5-6-8-24(23)29-20(2)30-25)16-17-32-15-11-26(32,3)21-18-28-33(19-21)22-9-12-27-13-10-22/h5-10,12-13,18-19H,4,11,14-17H2,1-3H3. The van der Waals surface area contributed by atoms with Crippen molar-refractivity contribution in [2.24, 2.45) is 0 Å². The Morgan fingerprint density at radius 3 is 2.64 bits per heavy atom. The summed E-state index contributed by atoms with van der Waals surface area (Å²) in [7, 11) is 0. The number of pyridine rings is 1. The van der Waals surface area contributed by atoms with Crippen LogP contribution in [0.15, 0.2) is 61.2 Å². The van der Waals surface area contributed by atoms with E-state index in [9.17, 15) is 0 Å². The van der Waals surface area contributed by atoms with Crippen LogP contribution in [-0.4, -0.2) is 55.8 Å². The summed E-state index contributed by atoms with van der Waals surface area (Å²) in [6.07, 6.45) is 9.99. The molecular formula is C26H31N7. The topological polar surface area (TPSA) is 63.0 Å². The maximum absolute atomic E-state index is 4.85. The highest BCUT2D eigenvalue weighted by Gasteiger charge is 2.42. The Kier molecular flexibility index (Phi) is 5.81. The number of para-hydroxylation sites is 1. The zero-order valence-corrected chi connectivity index (χ0v) is 19.6. The third-order valence-electron chi connectivity index (χ3n) is 6.83. The van der Waals surface area contributed by atoms with Gasteiger partial charge in [-0.1, -0.05) is 19.1 Å². The van der Waals surface area contributed by atoms with Gasteiger partial charge in [-0.15, -0.1) is 0 Å². The number of benzene rings is 1. The number of hydrogen-bond donors (Lipinski definition) is 0. The number of nitrogens with zero attached hydrogens (tertiary/aromatic N) is 7. The monoisotopic (exact) mass is 441 g/mol. The molecule has 0 radical (unpaired) electrons. The van der Waals surface area contributed by atoms with Crippen molar-refractivity contribution in [2.75, 3.05) is 31.1 Å². The summed E-state index contributed by atoms with van der Waals surface area (Å²) in [6.45, 7) is 10.5.